The van der Waals surface area contributed by atoms with Gasteiger partial charge in [0.2, 0.25) is 0 Å². The predicted molar refractivity (Wildman–Crippen MR) is 49.7 cm³/mol. The number of aromatic nitrogens is 1. The molecule has 0 amide bonds. The summed E-state index contributed by atoms with van der Waals surface area (Å²) in [5.74, 6) is -0.189. The standard InChI is InChI=1S/C9H12N2O2/c1-7(9(12)13)11(2)8-5-3-4-6-10-8/h3-7H,1-2H3,(H,12,13). The van der Waals surface area contributed by atoms with Crippen LogP contribution in [0.5, 0.6) is 0 Å². The molecule has 0 aliphatic carbocycles. The van der Waals surface area contributed by atoms with Gasteiger partial charge in [-0.2, -0.15) is 0 Å². The van der Waals surface area contributed by atoms with E-state index >= 15 is 0 Å². The third-order valence-corrected chi connectivity index (χ3v) is 1.95. The summed E-state index contributed by atoms with van der Waals surface area (Å²) in [6.45, 7) is 1.62. The molecule has 0 spiro atoms. The van der Waals surface area contributed by atoms with E-state index in [2.05, 4.69) is 4.98 Å². The van der Waals surface area contributed by atoms with Crippen LogP contribution < -0.4 is 4.90 Å². The molecule has 70 valence electrons. The van der Waals surface area contributed by atoms with Crippen molar-refractivity contribution in [2.75, 3.05) is 11.9 Å². The lowest BCUT2D eigenvalue weighted by molar-refractivity contribution is -0.138. The van der Waals surface area contributed by atoms with Crippen LogP contribution in [0, 0.1) is 0 Å². The molecule has 0 aliphatic rings. The molecule has 4 heteroatoms. The van der Waals surface area contributed by atoms with Crippen LogP contribution in [-0.2, 0) is 4.79 Å². The van der Waals surface area contributed by atoms with Crippen molar-refractivity contribution in [1.82, 2.24) is 4.98 Å². The van der Waals surface area contributed by atoms with E-state index < -0.39 is 12.0 Å². The zero-order chi connectivity index (χ0) is 9.84. The first kappa shape index (κ1) is 9.51. The number of hydrogen-bond donors (Lipinski definition) is 1. The molecule has 4 nitrogen and oxygen atoms in total. The van der Waals surface area contributed by atoms with Gasteiger partial charge >= 0.3 is 5.97 Å². The van der Waals surface area contributed by atoms with Crippen molar-refractivity contribution in [1.29, 1.82) is 0 Å². The molecular formula is C9H12N2O2. The summed E-state index contributed by atoms with van der Waals surface area (Å²) in [6, 6.07) is 4.84. The van der Waals surface area contributed by atoms with Crippen LogP contribution in [0.2, 0.25) is 0 Å². The Morgan fingerprint density at radius 3 is 2.77 bits per heavy atom. The van der Waals surface area contributed by atoms with Crippen LogP contribution >= 0.6 is 0 Å². The lowest BCUT2D eigenvalue weighted by Crippen LogP contribution is -2.36. The molecule has 0 saturated heterocycles. The largest absolute Gasteiger partial charge is 0.480 e. The number of nitrogens with zero attached hydrogens (tertiary/aromatic N) is 2. The SMILES string of the molecule is CC(C(=O)O)N(C)c1ccccn1. The van der Waals surface area contributed by atoms with E-state index in [1.165, 1.54) is 0 Å². The first-order valence-electron chi connectivity index (χ1n) is 3.99. The van der Waals surface area contributed by atoms with Crippen LogP contribution in [0.25, 0.3) is 0 Å². The molecule has 1 atom stereocenters. The summed E-state index contributed by atoms with van der Waals surface area (Å²) in [5.41, 5.74) is 0. The van der Waals surface area contributed by atoms with E-state index in [0.29, 0.717) is 5.82 Å². The first-order chi connectivity index (χ1) is 6.13. The zero-order valence-corrected chi connectivity index (χ0v) is 7.64. The van der Waals surface area contributed by atoms with Crippen molar-refractivity contribution < 1.29 is 9.90 Å². The van der Waals surface area contributed by atoms with Gasteiger partial charge < -0.3 is 10.0 Å². The molecule has 0 aliphatic heterocycles. The van der Waals surface area contributed by atoms with Gasteiger partial charge in [0.15, 0.2) is 0 Å². The van der Waals surface area contributed by atoms with Gasteiger partial charge in [0.1, 0.15) is 11.9 Å². The van der Waals surface area contributed by atoms with Crippen LogP contribution in [0.15, 0.2) is 24.4 Å². The molecule has 1 aromatic heterocycles. The quantitative estimate of drug-likeness (QED) is 0.753. The summed E-state index contributed by atoms with van der Waals surface area (Å²) in [4.78, 5) is 16.3. The van der Waals surface area contributed by atoms with Gasteiger partial charge in [-0.1, -0.05) is 6.07 Å². The number of pyridine rings is 1. The van der Waals surface area contributed by atoms with Gasteiger partial charge in [-0.25, -0.2) is 9.78 Å². The van der Waals surface area contributed by atoms with E-state index in [1.807, 2.05) is 6.07 Å². The summed E-state index contributed by atoms with van der Waals surface area (Å²) in [5, 5.41) is 8.74. The second-order valence-corrected chi connectivity index (χ2v) is 2.81. The van der Waals surface area contributed by atoms with Crippen molar-refractivity contribution in [3.05, 3.63) is 24.4 Å². The summed E-state index contributed by atoms with van der Waals surface area (Å²) in [6.07, 6.45) is 1.64. The van der Waals surface area contributed by atoms with Crippen molar-refractivity contribution in [2.45, 2.75) is 13.0 Å². The van der Waals surface area contributed by atoms with Gasteiger partial charge in [0.05, 0.1) is 0 Å². The second-order valence-electron chi connectivity index (χ2n) is 2.81. The highest BCUT2D eigenvalue weighted by Crippen LogP contribution is 2.09. The highest BCUT2D eigenvalue weighted by atomic mass is 16.4. The van der Waals surface area contributed by atoms with Gasteiger partial charge in [-0.05, 0) is 19.1 Å². The van der Waals surface area contributed by atoms with Crippen LogP contribution in [0.4, 0.5) is 5.82 Å². The Hall–Kier alpha value is -1.58. The van der Waals surface area contributed by atoms with E-state index in [0.717, 1.165) is 0 Å². The molecule has 1 rings (SSSR count). The van der Waals surface area contributed by atoms with Gasteiger partial charge in [0.25, 0.3) is 0 Å². The Kier molecular flexibility index (Phi) is 2.84. The highest BCUT2D eigenvalue weighted by Gasteiger charge is 2.17. The average molecular weight is 180 g/mol. The van der Waals surface area contributed by atoms with Crippen LogP contribution in [0.1, 0.15) is 6.92 Å². The summed E-state index contributed by atoms with van der Waals surface area (Å²) < 4.78 is 0. The Morgan fingerprint density at radius 2 is 2.31 bits per heavy atom. The highest BCUT2D eigenvalue weighted by molar-refractivity contribution is 5.76. The lowest BCUT2D eigenvalue weighted by atomic mass is 10.3. The average Bonchev–Trinajstić information content (AvgIpc) is 2.17. The minimum Gasteiger partial charge on any atom is -0.480 e. The number of carboxylic acid groups (broad SMARTS) is 1. The number of carboxylic acids is 1. The smallest absolute Gasteiger partial charge is 0.326 e. The number of hydrogen-bond acceptors (Lipinski definition) is 3. The van der Waals surface area contributed by atoms with Crippen molar-refractivity contribution in [3.63, 3.8) is 0 Å². The Labute approximate surface area is 76.8 Å². The normalized spacial score (nSPS) is 12.2. The molecule has 13 heavy (non-hydrogen) atoms. The van der Waals surface area contributed by atoms with E-state index in [4.69, 9.17) is 5.11 Å². The van der Waals surface area contributed by atoms with E-state index in [9.17, 15) is 4.79 Å². The maximum atomic E-state index is 10.6. The molecule has 0 radical (unpaired) electrons. The lowest BCUT2D eigenvalue weighted by Gasteiger charge is -2.21. The summed E-state index contributed by atoms with van der Waals surface area (Å²) in [7, 11) is 1.71. The predicted octanol–water partition coefficient (Wildman–Crippen LogP) is 0.991. The number of rotatable bonds is 3. The van der Waals surface area contributed by atoms with Crippen molar-refractivity contribution >= 4 is 11.8 Å². The molecule has 0 fully saturated rings. The number of carbonyl (C=O) groups is 1. The number of likely N-dealkylation sites (N-methyl/N-ethyl adjacent to an activating group) is 1. The fraction of sp³-hybridized carbons (Fsp3) is 0.333. The zero-order valence-electron chi connectivity index (χ0n) is 7.64. The molecule has 1 aromatic rings. The minimum absolute atomic E-state index is 0.560. The monoisotopic (exact) mass is 180 g/mol. The second kappa shape index (κ2) is 3.89. The molecule has 0 saturated carbocycles. The Bertz CT molecular complexity index is 287. The molecular weight excluding hydrogens is 168 g/mol. The Balaban J connectivity index is 2.79. The fourth-order valence-corrected chi connectivity index (χ4v) is 0.926. The van der Waals surface area contributed by atoms with E-state index in [-0.39, 0.29) is 0 Å². The summed E-state index contributed by atoms with van der Waals surface area (Å²) >= 11 is 0. The Morgan fingerprint density at radius 1 is 1.62 bits per heavy atom. The number of anilines is 1. The van der Waals surface area contributed by atoms with Crippen molar-refractivity contribution in [3.8, 4) is 0 Å². The molecule has 1 unspecified atom stereocenters. The van der Waals surface area contributed by atoms with Crippen molar-refractivity contribution in [2.24, 2.45) is 0 Å². The minimum atomic E-state index is -0.854. The van der Waals surface area contributed by atoms with Gasteiger partial charge in [-0.15, -0.1) is 0 Å². The molecule has 1 heterocycles. The topological polar surface area (TPSA) is 53.4 Å². The third kappa shape index (κ3) is 2.18. The molecule has 0 aromatic carbocycles. The fourth-order valence-electron chi connectivity index (χ4n) is 0.926. The van der Waals surface area contributed by atoms with Crippen LogP contribution in [-0.4, -0.2) is 29.1 Å². The van der Waals surface area contributed by atoms with Crippen LogP contribution in [0.3, 0.4) is 0 Å². The number of aliphatic carboxylic acids is 1. The van der Waals surface area contributed by atoms with Gasteiger partial charge in [-0.3, -0.25) is 0 Å². The maximum Gasteiger partial charge on any atom is 0.326 e. The molecule has 1 N–H and O–H groups in total. The third-order valence-electron chi connectivity index (χ3n) is 1.95. The maximum absolute atomic E-state index is 10.6. The van der Waals surface area contributed by atoms with E-state index in [1.54, 1.807) is 37.2 Å². The van der Waals surface area contributed by atoms with Gasteiger partial charge in [0, 0.05) is 13.2 Å². The first-order valence-corrected chi connectivity index (χ1v) is 3.99. The molecule has 0 bridgehead atoms.